The Balaban J connectivity index is 2.41. The second kappa shape index (κ2) is 9.34. The predicted octanol–water partition coefficient (Wildman–Crippen LogP) is 2.78. The number of hydrogen-bond donors (Lipinski definition) is 2. The highest BCUT2D eigenvalue weighted by atomic mass is 35.5. The van der Waals surface area contributed by atoms with Gasteiger partial charge in [-0.15, -0.1) is 0 Å². The first-order valence-electron chi connectivity index (χ1n) is 6.45. The third-order valence-corrected chi connectivity index (χ3v) is 2.97. The van der Waals surface area contributed by atoms with Crippen LogP contribution in [0.5, 0.6) is 0 Å². The summed E-state index contributed by atoms with van der Waals surface area (Å²) >= 11 is 5.89. The minimum atomic E-state index is 0.0789. The summed E-state index contributed by atoms with van der Waals surface area (Å²) in [5.41, 5.74) is 1.25. The van der Waals surface area contributed by atoms with E-state index >= 15 is 0 Å². The molecule has 102 valence electrons. The zero-order valence-corrected chi connectivity index (χ0v) is 11.6. The lowest BCUT2D eigenvalue weighted by Crippen LogP contribution is -2.25. The Morgan fingerprint density at radius 1 is 1.28 bits per heavy atom. The van der Waals surface area contributed by atoms with E-state index < -0.39 is 0 Å². The average molecular weight is 272 g/mol. The van der Waals surface area contributed by atoms with Crippen LogP contribution in [-0.2, 0) is 4.74 Å². The molecular weight excluding hydrogens is 250 g/mol. The minimum absolute atomic E-state index is 0.0789. The lowest BCUT2D eigenvalue weighted by Gasteiger charge is -2.18. The Bertz CT molecular complexity index is 316. The Hall–Kier alpha value is -0.610. The zero-order chi connectivity index (χ0) is 13.2. The van der Waals surface area contributed by atoms with Crippen LogP contribution in [0.15, 0.2) is 24.3 Å². The average Bonchev–Trinajstić information content (AvgIpc) is 2.38. The van der Waals surface area contributed by atoms with Gasteiger partial charge < -0.3 is 15.2 Å². The molecule has 0 aliphatic carbocycles. The lowest BCUT2D eigenvalue weighted by molar-refractivity contribution is 0.0924. The van der Waals surface area contributed by atoms with Crippen molar-refractivity contribution in [3.8, 4) is 0 Å². The molecule has 1 rings (SSSR count). The summed E-state index contributed by atoms with van der Waals surface area (Å²) in [6.07, 6.45) is 2.21. The number of aliphatic hydroxyl groups is 1. The maximum absolute atomic E-state index is 8.61. The zero-order valence-electron chi connectivity index (χ0n) is 10.9. The van der Waals surface area contributed by atoms with Crippen LogP contribution in [-0.4, -0.2) is 31.5 Å². The molecule has 0 radical (unpaired) electrons. The van der Waals surface area contributed by atoms with Crippen molar-refractivity contribution in [1.82, 2.24) is 5.32 Å². The van der Waals surface area contributed by atoms with Gasteiger partial charge in [0.05, 0.1) is 19.8 Å². The molecule has 2 N–H and O–H groups in total. The van der Waals surface area contributed by atoms with Crippen molar-refractivity contribution in [1.29, 1.82) is 0 Å². The van der Waals surface area contributed by atoms with Gasteiger partial charge in [0.15, 0.2) is 0 Å². The molecule has 1 unspecified atom stereocenters. The molecule has 0 fully saturated rings. The maximum Gasteiger partial charge on any atom is 0.0698 e. The van der Waals surface area contributed by atoms with Gasteiger partial charge in [-0.1, -0.05) is 37.1 Å². The third-order valence-electron chi connectivity index (χ3n) is 2.72. The van der Waals surface area contributed by atoms with E-state index in [1.807, 2.05) is 12.1 Å². The van der Waals surface area contributed by atoms with Crippen LogP contribution in [0.3, 0.4) is 0 Å². The second-order valence-corrected chi connectivity index (χ2v) is 4.62. The fourth-order valence-electron chi connectivity index (χ4n) is 1.84. The van der Waals surface area contributed by atoms with Crippen molar-refractivity contribution in [3.63, 3.8) is 0 Å². The summed E-state index contributed by atoms with van der Waals surface area (Å²) in [5, 5.41) is 12.8. The van der Waals surface area contributed by atoms with E-state index in [-0.39, 0.29) is 6.61 Å². The standard InChI is InChI=1S/C14H22ClNO2/c1-2-3-14(16-8-10-18-11-9-17)12-4-6-13(15)7-5-12/h4-7,14,16-17H,2-3,8-11H2,1H3. The maximum atomic E-state index is 8.61. The molecule has 0 saturated heterocycles. The number of benzene rings is 1. The molecule has 0 aliphatic heterocycles. The molecule has 0 spiro atoms. The van der Waals surface area contributed by atoms with E-state index in [1.54, 1.807) is 0 Å². The SMILES string of the molecule is CCCC(NCCOCCO)c1ccc(Cl)cc1. The van der Waals surface area contributed by atoms with Gasteiger partial charge in [0.25, 0.3) is 0 Å². The molecule has 0 aliphatic rings. The molecule has 0 heterocycles. The van der Waals surface area contributed by atoms with Crippen LogP contribution in [0.1, 0.15) is 31.4 Å². The van der Waals surface area contributed by atoms with Gasteiger partial charge in [0.2, 0.25) is 0 Å². The van der Waals surface area contributed by atoms with Crippen molar-refractivity contribution in [2.24, 2.45) is 0 Å². The monoisotopic (exact) mass is 271 g/mol. The van der Waals surface area contributed by atoms with Crippen molar-refractivity contribution in [2.45, 2.75) is 25.8 Å². The fourth-order valence-corrected chi connectivity index (χ4v) is 1.97. The molecular formula is C14H22ClNO2. The highest BCUT2D eigenvalue weighted by molar-refractivity contribution is 6.30. The van der Waals surface area contributed by atoms with Crippen LogP contribution < -0.4 is 5.32 Å². The van der Waals surface area contributed by atoms with Crippen LogP contribution >= 0.6 is 11.6 Å². The van der Waals surface area contributed by atoms with E-state index in [1.165, 1.54) is 5.56 Å². The van der Waals surface area contributed by atoms with Crippen LogP contribution in [0.25, 0.3) is 0 Å². The fraction of sp³-hybridized carbons (Fsp3) is 0.571. The van der Waals surface area contributed by atoms with Gasteiger partial charge in [-0.3, -0.25) is 0 Å². The molecule has 4 heteroatoms. The van der Waals surface area contributed by atoms with Gasteiger partial charge in [-0.25, -0.2) is 0 Å². The number of halogens is 1. The van der Waals surface area contributed by atoms with E-state index in [0.29, 0.717) is 19.3 Å². The number of rotatable bonds is 9. The molecule has 0 aromatic heterocycles. The molecule has 18 heavy (non-hydrogen) atoms. The number of nitrogens with one attached hydrogen (secondary N) is 1. The van der Waals surface area contributed by atoms with Gasteiger partial charge in [-0.2, -0.15) is 0 Å². The first kappa shape index (κ1) is 15.4. The number of aliphatic hydroxyl groups excluding tert-OH is 1. The molecule has 0 bridgehead atoms. The van der Waals surface area contributed by atoms with E-state index in [9.17, 15) is 0 Å². The van der Waals surface area contributed by atoms with Crippen molar-refractivity contribution in [2.75, 3.05) is 26.4 Å². The van der Waals surface area contributed by atoms with E-state index in [4.69, 9.17) is 21.4 Å². The summed E-state index contributed by atoms with van der Waals surface area (Å²) in [7, 11) is 0. The lowest BCUT2D eigenvalue weighted by atomic mass is 10.0. The highest BCUT2D eigenvalue weighted by Crippen LogP contribution is 2.20. The summed E-state index contributed by atoms with van der Waals surface area (Å²) in [6.45, 7) is 4.06. The van der Waals surface area contributed by atoms with Crippen molar-refractivity contribution >= 4 is 11.6 Å². The van der Waals surface area contributed by atoms with Gasteiger partial charge in [0, 0.05) is 17.6 Å². The first-order chi connectivity index (χ1) is 8.77. The Morgan fingerprint density at radius 2 is 2.00 bits per heavy atom. The van der Waals surface area contributed by atoms with Crippen molar-refractivity contribution < 1.29 is 9.84 Å². The summed E-state index contributed by atoms with van der Waals surface area (Å²) in [4.78, 5) is 0. The quantitative estimate of drug-likeness (QED) is 0.679. The Labute approximate surface area is 114 Å². The summed E-state index contributed by atoms with van der Waals surface area (Å²) in [6, 6.07) is 8.30. The van der Waals surface area contributed by atoms with Gasteiger partial charge in [0.1, 0.15) is 0 Å². The van der Waals surface area contributed by atoms with E-state index in [2.05, 4.69) is 24.4 Å². The van der Waals surface area contributed by atoms with Gasteiger partial charge in [-0.05, 0) is 24.1 Å². The smallest absolute Gasteiger partial charge is 0.0698 e. The van der Waals surface area contributed by atoms with Crippen LogP contribution in [0, 0.1) is 0 Å². The molecule has 3 nitrogen and oxygen atoms in total. The largest absolute Gasteiger partial charge is 0.394 e. The highest BCUT2D eigenvalue weighted by Gasteiger charge is 2.09. The third kappa shape index (κ3) is 5.83. The molecule has 0 amide bonds. The Morgan fingerprint density at radius 3 is 2.61 bits per heavy atom. The normalized spacial score (nSPS) is 12.6. The van der Waals surface area contributed by atoms with Crippen LogP contribution in [0.2, 0.25) is 5.02 Å². The topological polar surface area (TPSA) is 41.5 Å². The molecule has 1 aromatic carbocycles. The van der Waals surface area contributed by atoms with Crippen LogP contribution in [0.4, 0.5) is 0 Å². The molecule has 0 saturated carbocycles. The predicted molar refractivity (Wildman–Crippen MR) is 75.0 cm³/mol. The van der Waals surface area contributed by atoms with E-state index in [0.717, 1.165) is 24.4 Å². The molecule has 1 atom stereocenters. The minimum Gasteiger partial charge on any atom is -0.394 e. The Kier molecular flexibility index (Phi) is 8.01. The second-order valence-electron chi connectivity index (χ2n) is 4.18. The van der Waals surface area contributed by atoms with Crippen molar-refractivity contribution in [3.05, 3.63) is 34.9 Å². The van der Waals surface area contributed by atoms with Gasteiger partial charge >= 0.3 is 0 Å². The number of ether oxygens (including phenoxy) is 1. The molecule has 1 aromatic rings. The number of hydrogen-bond acceptors (Lipinski definition) is 3. The summed E-state index contributed by atoms with van der Waals surface area (Å²) < 4.78 is 5.23. The summed E-state index contributed by atoms with van der Waals surface area (Å²) in [5.74, 6) is 0. The first-order valence-corrected chi connectivity index (χ1v) is 6.83.